The van der Waals surface area contributed by atoms with Gasteiger partial charge in [-0.3, -0.25) is 0 Å². The quantitative estimate of drug-likeness (QED) is 0.632. The Balaban J connectivity index is 1.74. The van der Waals surface area contributed by atoms with E-state index in [0.29, 0.717) is 11.8 Å². The lowest BCUT2D eigenvalue weighted by atomic mass is 9.85. The Bertz CT molecular complexity index is 327. The highest BCUT2D eigenvalue weighted by molar-refractivity contribution is 7.99. The molecule has 0 heterocycles. The van der Waals surface area contributed by atoms with Crippen LogP contribution in [-0.4, -0.2) is 41.3 Å². The van der Waals surface area contributed by atoms with Crippen LogP contribution >= 0.6 is 11.8 Å². The molecule has 0 aliphatic heterocycles. The maximum atomic E-state index is 12.1. The van der Waals surface area contributed by atoms with Crippen LogP contribution in [-0.2, 0) is 0 Å². The van der Waals surface area contributed by atoms with Gasteiger partial charge in [-0.1, -0.05) is 6.92 Å². The van der Waals surface area contributed by atoms with E-state index in [2.05, 4.69) is 24.5 Å². The molecule has 2 aliphatic carbocycles. The number of nitrogens with one attached hydrogen (secondary N) is 2. The van der Waals surface area contributed by atoms with Gasteiger partial charge in [-0.2, -0.15) is 11.8 Å². The number of carbonyl (C=O) groups is 1. The highest BCUT2D eigenvalue weighted by Gasteiger charge is 2.47. The van der Waals surface area contributed by atoms with E-state index in [1.54, 1.807) is 0 Å². The van der Waals surface area contributed by atoms with Gasteiger partial charge < -0.3 is 15.7 Å². The van der Waals surface area contributed by atoms with E-state index in [1.807, 2.05) is 11.8 Å². The van der Waals surface area contributed by atoms with E-state index >= 15 is 0 Å². The number of aliphatic hydroxyl groups is 1. The van der Waals surface area contributed by atoms with Gasteiger partial charge in [0.25, 0.3) is 0 Å². The van der Waals surface area contributed by atoms with E-state index in [-0.39, 0.29) is 30.6 Å². The first-order chi connectivity index (χ1) is 9.65. The summed E-state index contributed by atoms with van der Waals surface area (Å²) >= 11 is 1.91. The molecule has 2 amide bonds. The van der Waals surface area contributed by atoms with Gasteiger partial charge in [-0.25, -0.2) is 4.79 Å². The number of aliphatic hydroxyl groups excluding tert-OH is 1. The van der Waals surface area contributed by atoms with Crippen LogP contribution in [0.2, 0.25) is 0 Å². The van der Waals surface area contributed by atoms with E-state index in [1.165, 1.54) is 19.3 Å². The van der Waals surface area contributed by atoms with Crippen molar-refractivity contribution < 1.29 is 9.90 Å². The average Bonchev–Trinajstić information content (AvgIpc) is 2.99. The van der Waals surface area contributed by atoms with Crippen molar-refractivity contribution >= 4 is 17.8 Å². The van der Waals surface area contributed by atoms with Crippen molar-refractivity contribution in [2.75, 3.05) is 18.1 Å². The molecule has 4 nitrogen and oxygen atoms in total. The third-order valence-electron chi connectivity index (χ3n) is 4.87. The number of fused-ring (bicyclic) bond motifs is 2. The summed E-state index contributed by atoms with van der Waals surface area (Å²) in [6, 6.07) is 0.325. The Kier molecular flexibility index (Phi) is 6.02. The van der Waals surface area contributed by atoms with Gasteiger partial charge >= 0.3 is 6.03 Å². The maximum Gasteiger partial charge on any atom is 0.315 e. The number of thioether (sulfide) groups is 1. The Labute approximate surface area is 126 Å². The molecule has 0 aromatic heterocycles. The molecular weight excluding hydrogens is 272 g/mol. The molecule has 5 heteroatoms. The number of hydrogen-bond donors (Lipinski definition) is 3. The second-order valence-corrected chi connectivity index (χ2v) is 7.60. The van der Waals surface area contributed by atoms with Crippen molar-refractivity contribution in [1.82, 2.24) is 10.6 Å². The van der Waals surface area contributed by atoms with Gasteiger partial charge in [0.1, 0.15) is 0 Å². The maximum absolute atomic E-state index is 12.1. The number of hydrogen-bond acceptors (Lipinski definition) is 3. The minimum absolute atomic E-state index is 0.0602. The third kappa shape index (κ3) is 3.82. The molecule has 116 valence electrons. The van der Waals surface area contributed by atoms with Crippen molar-refractivity contribution in [3.05, 3.63) is 0 Å². The van der Waals surface area contributed by atoms with Gasteiger partial charge in [0.05, 0.1) is 0 Å². The summed E-state index contributed by atoms with van der Waals surface area (Å²) in [5.41, 5.74) is 0. The van der Waals surface area contributed by atoms with Gasteiger partial charge in [0.15, 0.2) is 0 Å². The highest BCUT2D eigenvalue weighted by atomic mass is 32.2. The van der Waals surface area contributed by atoms with E-state index < -0.39 is 0 Å². The normalized spacial score (nSPS) is 33.1. The Morgan fingerprint density at radius 3 is 2.85 bits per heavy atom. The minimum atomic E-state index is -0.0602. The predicted octanol–water partition coefficient (Wildman–Crippen LogP) is 2.22. The molecule has 3 N–H and O–H groups in total. The molecule has 2 aliphatic rings. The fraction of sp³-hybridized carbons (Fsp3) is 0.933. The zero-order chi connectivity index (χ0) is 14.5. The number of urea groups is 1. The van der Waals surface area contributed by atoms with Crippen molar-refractivity contribution in [2.24, 2.45) is 17.8 Å². The Hall–Kier alpha value is -0.420. The van der Waals surface area contributed by atoms with Crippen LogP contribution in [0.1, 0.15) is 39.5 Å². The molecule has 5 unspecified atom stereocenters. The molecule has 0 aromatic carbocycles. The zero-order valence-electron chi connectivity index (χ0n) is 12.6. The summed E-state index contributed by atoms with van der Waals surface area (Å²) in [5, 5.41) is 15.7. The monoisotopic (exact) mass is 300 g/mol. The first-order valence-electron chi connectivity index (χ1n) is 7.91. The molecule has 5 atom stereocenters. The van der Waals surface area contributed by atoms with Crippen LogP contribution < -0.4 is 10.6 Å². The SMILES string of the molecule is CCSCCC(C)NC(=O)NC1C2CCC(C2)C1CO. The van der Waals surface area contributed by atoms with E-state index in [9.17, 15) is 9.90 Å². The van der Waals surface area contributed by atoms with Crippen LogP contribution in [0.4, 0.5) is 4.79 Å². The summed E-state index contributed by atoms with van der Waals surface area (Å²) in [4.78, 5) is 12.1. The second-order valence-electron chi connectivity index (χ2n) is 6.21. The van der Waals surface area contributed by atoms with Crippen LogP contribution in [0, 0.1) is 17.8 Å². The molecule has 2 fully saturated rings. The Morgan fingerprint density at radius 2 is 2.15 bits per heavy atom. The molecule has 2 rings (SSSR count). The van der Waals surface area contributed by atoms with Crippen molar-refractivity contribution in [3.63, 3.8) is 0 Å². The average molecular weight is 300 g/mol. The molecule has 0 saturated heterocycles. The van der Waals surface area contributed by atoms with Gasteiger partial charge in [-0.05, 0) is 55.9 Å². The topological polar surface area (TPSA) is 61.4 Å². The second kappa shape index (κ2) is 7.55. The van der Waals surface area contributed by atoms with Crippen LogP contribution in [0.3, 0.4) is 0 Å². The number of carbonyl (C=O) groups excluding carboxylic acids is 1. The van der Waals surface area contributed by atoms with Crippen molar-refractivity contribution in [2.45, 2.75) is 51.6 Å². The summed E-state index contributed by atoms with van der Waals surface area (Å²) in [5.74, 6) is 3.68. The van der Waals surface area contributed by atoms with Crippen LogP contribution in [0.15, 0.2) is 0 Å². The number of rotatable bonds is 7. The van der Waals surface area contributed by atoms with E-state index in [4.69, 9.17) is 0 Å². The molecule has 0 radical (unpaired) electrons. The summed E-state index contributed by atoms with van der Waals surface area (Å²) < 4.78 is 0. The molecule has 2 saturated carbocycles. The fourth-order valence-electron chi connectivity index (χ4n) is 3.79. The molecule has 2 bridgehead atoms. The molecule has 0 spiro atoms. The lowest BCUT2D eigenvalue weighted by Crippen LogP contribution is -2.50. The first-order valence-corrected chi connectivity index (χ1v) is 9.06. The standard InChI is InChI=1S/C15H28N2O2S/c1-3-20-7-6-10(2)16-15(19)17-14-12-5-4-11(8-12)13(14)9-18/h10-14,18H,3-9H2,1-2H3,(H2,16,17,19). The predicted molar refractivity (Wildman–Crippen MR) is 83.9 cm³/mol. The smallest absolute Gasteiger partial charge is 0.315 e. The molecule has 0 aromatic rings. The van der Waals surface area contributed by atoms with Gasteiger partial charge in [-0.15, -0.1) is 0 Å². The van der Waals surface area contributed by atoms with Gasteiger partial charge in [0, 0.05) is 24.6 Å². The lowest BCUT2D eigenvalue weighted by Gasteiger charge is -2.31. The van der Waals surface area contributed by atoms with Crippen molar-refractivity contribution in [1.29, 1.82) is 0 Å². The van der Waals surface area contributed by atoms with Gasteiger partial charge in [0.2, 0.25) is 0 Å². The number of amides is 2. The molecule has 20 heavy (non-hydrogen) atoms. The summed E-state index contributed by atoms with van der Waals surface area (Å²) in [6.45, 7) is 4.41. The highest BCUT2D eigenvalue weighted by Crippen LogP contribution is 2.48. The van der Waals surface area contributed by atoms with Crippen molar-refractivity contribution in [3.8, 4) is 0 Å². The van der Waals surface area contributed by atoms with Crippen LogP contribution in [0.25, 0.3) is 0 Å². The lowest BCUT2D eigenvalue weighted by molar-refractivity contribution is 0.144. The molecular formula is C15H28N2O2S. The van der Waals surface area contributed by atoms with E-state index in [0.717, 1.165) is 17.9 Å². The zero-order valence-corrected chi connectivity index (χ0v) is 13.4. The summed E-state index contributed by atoms with van der Waals surface area (Å²) in [6.07, 6.45) is 4.61. The van der Waals surface area contributed by atoms with Crippen LogP contribution in [0.5, 0.6) is 0 Å². The fourth-order valence-corrected chi connectivity index (χ4v) is 4.60. The minimum Gasteiger partial charge on any atom is -0.396 e. The Morgan fingerprint density at radius 1 is 1.40 bits per heavy atom. The largest absolute Gasteiger partial charge is 0.396 e. The first kappa shape index (κ1) is 16.0. The third-order valence-corrected chi connectivity index (χ3v) is 5.81. The summed E-state index contributed by atoms with van der Waals surface area (Å²) in [7, 11) is 0.